The predicted molar refractivity (Wildman–Crippen MR) is 132 cm³/mol. The monoisotopic (exact) mass is 478 g/mol. The standard InChI is InChI=1S/C26H34N6O3/c1-15(2)24(32-12-16(3)11-29-32)26(35)31-13-21(33)10-22(31)25(34)30-17(4)19-6-8-20(9-7-19)23-18(5)27-14-28-23/h6-9,11-12,14-15,17,21-22,24,33H,10,13H2,1-5H3,(H,27,28)(H,30,34)/t17-,21+,22-,24-/m0/s1. The highest BCUT2D eigenvalue weighted by molar-refractivity contribution is 5.90. The second-order valence-electron chi connectivity index (χ2n) is 9.81. The van der Waals surface area contributed by atoms with E-state index in [4.69, 9.17) is 0 Å². The SMILES string of the molecule is Cc1cnn([C@H](C(=O)N2C[C@H](O)C[C@H]2C(=O)N[C@@H](C)c2ccc(-c3nc[nH]c3C)cc2)C(C)C)c1. The lowest BCUT2D eigenvalue weighted by Crippen LogP contribution is -2.49. The van der Waals surface area contributed by atoms with Crippen molar-refractivity contribution in [3.05, 3.63) is 59.8 Å². The summed E-state index contributed by atoms with van der Waals surface area (Å²) in [7, 11) is 0. The average molecular weight is 479 g/mol. The van der Waals surface area contributed by atoms with Crippen LogP contribution in [-0.2, 0) is 9.59 Å². The number of carbonyl (C=O) groups is 2. The molecule has 0 radical (unpaired) electrons. The van der Waals surface area contributed by atoms with Crippen LogP contribution in [0.4, 0.5) is 0 Å². The molecule has 2 aromatic heterocycles. The molecule has 3 aromatic rings. The molecule has 1 aromatic carbocycles. The van der Waals surface area contributed by atoms with E-state index in [0.717, 1.165) is 28.1 Å². The Hall–Kier alpha value is -3.46. The smallest absolute Gasteiger partial charge is 0.248 e. The number of aromatic nitrogens is 4. The normalized spacial score (nSPS) is 19.7. The minimum absolute atomic E-state index is 0.0288. The first-order valence-electron chi connectivity index (χ1n) is 12.1. The van der Waals surface area contributed by atoms with Crippen LogP contribution in [0.15, 0.2) is 43.0 Å². The molecule has 186 valence electrons. The molecule has 2 amide bonds. The summed E-state index contributed by atoms with van der Waals surface area (Å²) < 4.78 is 1.66. The molecule has 9 nitrogen and oxygen atoms in total. The molecule has 1 fully saturated rings. The molecule has 0 bridgehead atoms. The lowest BCUT2D eigenvalue weighted by molar-refractivity contribution is -0.142. The summed E-state index contributed by atoms with van der Waals surface area (Å²) in [5, 5.41) is 17.7. The topological polar surface area (TPSA) is 116 Å². The van der Waals surface area contributed by atoms with Crippen LogP contribution < -0.4 is 5.32 Å². The van der Waals surface area contributed by atoms with E-state index in [9.17, 15) is 14.7 Å². The molecule has 1 aliphatic rings. The molecular formula is C26H34N6O3. The van der Waals surface area contributed by atoms with Crippen LogP contribution in [0.2, 0.25) is 0 Å². The lowest BCUT2D eigenvalue weighted by Gasteiger charge is -2.30. The number of H-pyrrole nitrogens is 1. The number of aromatic amines is 1. The number of aliphatic hydroxyl groups is 1. The van der Waals surface area contributed by atoms with Gasteiger partial charge in [-0.1, -0.05) is 38.1 Å². The maximum atomic E-state index is 13.6. The van der Waals surface area contributed by atoms with Crippen molar-refractivity contribution in [3.8, 4) is 11.3 Å². The van der Waals surface area contributed by atoms with Crippen LogP contribution >= 0.6 is 0 Å². The molecule has 9 heteroatoms. The third-order valence-electron chi connectivity index (χ3n) is 6.64. The lowest BCUT2D eigenvalue weighted by atomic mass is 10.0. The molecule has 3 heterocycles. The number of amides is 2. The van der Waals surface area contributed by atoms with Crippen LogP contribution in [0.5, 0.6) is 0 Å². The Balaban J connectivity index is 1.47. The van der Waals surface area contributed by atoms with Crippen LogP contribution in [0.3, 0.4) is 0 Å². The zero-order valence-electron chi connectivity index (χ0n) is 20.9. The molecule has 4 rings (SSSR count). The van der Waals surface area contributed by atoms with Gasteiger partial charge < -0.3 is 20.3 Å². The van der Waals surface area contributed by atoms with Gasteiger partial charge in [0.05, 0.1) is 30.4 Å². The molecular weight excluding hydrogens is 444 g/mol. The fraction of sp³-hybridized carbons (Fsp3) is 0.462. The third-order valence-corrected chi connectivity index (χ3v) is 6.64. The Morgan fingerprint density at radius 2 is 1.89 bits per heavy atom. The van der Waals surface area contributed by atoms with Crippen molar-refractivity contribution in [2.24, 2.45) is 5.92 Å². The fourth-order valence-electron chi connectivity index (χ4n) is 4.74. The molecule has 0 unspecified atom stereocenters. The van der Waals surface area contributed by atoms with Gasteiger partial charge in [-0.25, -0.2) is 4.98 Å². The first-order valence-corrected chi connectivity index (χ1v) is 12.1. The van der Waals surface area contributed by atoms with Gasteiger partial charge >= 0.3 is 0 Å². The Bertz CT molecular complexity index is 1180. The van der Waals surface area contributed by atoms with E-state index in [1.807, 2.05) is 65.1 Å². The van der Waals surface area contributed by atoms with E-state index in [2.05, 4.69) is 20.4 Å². The second-order valence-corrected chi connectivity index (χ2v) is 9.81. The summed E-state index contributed by atoms with van der Waals surface area (Å²) in [6, 6.07) is 6.36. The van der Waals surface area contributed by atoms with Crippen molar-refractivity contribution in [2.45, 2.75) is 65.3 Å². The van der Waals surface area contributed by atoms with Crippen molar-refractivity contribution in [2.75, 3.05) is 6.54 Å². The highest BCUT2D eigenvalue weighted by atomic mass is 16.3. The average Bonchev–Trinajstić information content (AvgIpc) is 3.53. The van der Waals surface area contributed by atoms with E-state index in [-0.39, 0.29) is 36.7 Å². The van der Waals surface area contributed by atoms with E-state index in [0.29, 0.717) is 0 Å². The van der Waals surface area contributed by atoms with Gasteiger partial charge in [0.25, 0.3) is 0 Å². The van der Waals surface area contributed by atoms with E-state index in [1.54, 1.807) is 17.2 Å². The zero-order chi connectivity index (χ0) is 25.3. The number of hydrogen-bond acceptors (Lipinski definition) is 5. The Labute approximate surface area is 205 Å². The van der Waals surface area contributed by atoms with Crippen LogP contribution in [0, 0.1) is 19.8 Å². The number of likely N-dealkylation sites (tertiary alicyclic amines) is 1. The van der Waals surface area contributed by atoms with Gasteiger partial charge in [0.15, 0.2) is 0 Å². The maximum Gasteiger partial charge on any atom is 0.248 e. The fourth-order valence-corrected chi connectivity index (χ4v) is 4.74. The Kier molecular flexibility index (Phi) is 7.07. The number of carbonyl (C=O) groups excluding carboxylic acids is 2. The van der Waals surface area contributed by atoms with Gasteiger partial charge in [-0.2, -0.15) is 5.10 Å². The van der Waals surface area contributed by atoms with Gasteiger partial charge in [0, 0.05) is 30.4 Å². The molecule has 1 saturated heterocycles. The number of aryl methyl sites for hydroxylation is 2. The largest absolute Gasteiger partial charge is 0.391 e. The van der Waals surface area contributed by atoms with Crippen LogP contribution in [0.25, 0.3) is 11.3 Å². The number of β-amino-alcohol motifs (C(OH)–C–C–N with tert-alkyl or cyclic N) is 1. The quantitative estimate of drug-likeness (QED) is 0.483. The van der Waals surface area contributed by atoms with Crippen molar-refractivity contribution < 1.29 is 14.7 Å². The first-order chi connectivity index (χ1) is 16.7. The number of aliphatic hydroxyl groups excluding tert-OH is 1. The van der Waals surface area contributed by atoms with Crippen molar-refractivity contribution in [1.82, 2.24) is 30.0 Å². The number of benzene rings is 1. The maximum absolute atomic E-state index is 13.6. The third kappa shape index (κ3) is 5.14. The molecule has 0 aliphatic carbocycles. The Morgan fingerprint density at radius 1 is 1.17 bits per heavy atom. The number of rotatable bonds is 7. The molecule has 4 atom stereocenters. The summed E-state index contributed by atoms with van der Waals surface area (Å²) in [5.74, 6) is -0.501. The van der Waals surface area contributed by atoms with Crippen LogP contribution in [-0.4, -0.2) is 60.3 Å². The van der Waals surface area contributed by atoms with E-state index >= 15 is 0 Å². The van der Waals surface area contributed by atoms with E-state index in [1.165, 1.54) is 4.90 Å². The molecule has 1 aliphatic heterocycles. The van der Waals surface area contributed by atoms with E-state index < -0.39 is 18.2 Å². The molecule has 0 saturated carbocycles. The van der Waals surface area contributed by atoms with Gasteiger partial charge in [-0.05, 0) is 37.8 Å². The minimum atomic E-state index is -0.742. The van der Waals surface area contributed by atoms with Gasteiger partial charge in [-0.15, -0.1) is 0 Å². The van der Waals surface area contributed by atoms with Gasteiger partial charge in [0.1, 0.15) is 12.1 Å². The minimum Gasteiger partial charge on any atom is -0.391 e. The predicted octanol–water partition coefficient (Wildman–Crippen LogP) is 2.93. The zero-order valence-corrected chi connectivity index (χ0v) is 20.9. The number of nitrogens with one attached hydrogen (secondary N) is 2. The molecule has 3 N–H and O–H groups in total. The summed E-state index contributed by atoms with van der Waals surface area (Å²) in [5.41, 5.74) is 4.79. The second kappa shape index (κ2) is 10.0. The van der Waals surface area contributed by atoms with Crippen molar-refractivity contribution in [1.29, 1.82) is 0 Å². The number of imidazole rings is 1. The van der Waals surface area contributed by atoms with Crippen molar-refractivity contribution in [3.63, 3.8) is 0 Å². The van der Waals surface area contributed by atoms with Gasteiger partial charge in [0.2, 0.25) is 11.8 Å². The molecule has 0 spiro atoms. The summed E-state index contributed by atoms with van der Waals surface area (Å²) in [4.78, 5) is 35.8. The van der Waals surface area contributed by atoms with Crippen LogP contribution in [0.1, 0.15) is 56.1 Å². The molecule has 35 heavy (non-hydrogen) atoms. The highest BCUT2D eigenvalue weighted by Gasteiger charge is 2.42. The Morgan fingerprint density at radius 3 is 2.46 bits per heavy atom. The number of hydrogen-bond donors (Lipinski definition) is 3. The number of nitrogens with zero attached hydrogens (tertiary/aromatic N) is 4. The summed E-state index contributed by atoms with van der Waals surface area (Å²) >= 11 is 0. The highest BCUT2D eigenvalue weighted by Crippen LogP contribution is 2.28. The van der Waals surface area contributed by atoms with Crippen molar-refractivity contribution >= 4 is 11.8 Å². The van der Waals surface area contributed by atoms with Gasteiger partial charge in [-0.3, -0.25) is 14.3 Å². The summed E-state index contributed by atoms with van der Waals surface area (Å²) in [6.45, 7) is 9.85. The first kappa shape index (κ1) is 24.7. The summed E-state index contributed by atoms with van der Waals surface area (Å²) in [6.07, 6.45) is 4.69.